The van der Waals surface area contributed by atoms with Gasteiger partial charge in [0.1, 0.15) is 0 Å². The second-order valence-electron chi connectivity index (χ2n) is 4.73. The van der Waals surface area contributed by atoms with Gasteiger partial charge in [-0.2, -0.15) is 0 Å². The third kappa shape index (κ3) is 8.57. The number of hydrogen-bond donors (Lipinski definition) is 2. The van der Waals surface area contributed by atoms with Crippen molar-refractivity contribution in [2.24, 2.45) is 4.99 Å². The number of rotatable bonds is 8. The molecule has 1 heterocycles. The highest BCUT2D eigenvalue weighted by molar-refractivity contribution is 14.0. The largest absolute Gasteiger partial charge is 0.382 e. The van der Waals surface area contributed by atoms with E-state index < -0.39 is 0 Å². The summed E-state index contributed by atoms with van der Waals surface area (Å²) in [5.41, 5.74) is 1.07. The number of thiazole rings is 1. The molecule has 0 aliphatic heterocycles. The van der Waals surface area contributed by atoms with Gasteiger partial charge in [-0.15, -0.1) is 35.3 Å². The lowest BCUT2D eigenvalue weighted by atomic mass is 10.2. The molecule has 0 bridgehead atoms. The molecule has 0 fully saturated rings. The predicted octanol–water partition coefficient (Wildman–Crippen LogP) is 2.98. The van der Waals surface area contributed by atoms with E-state index >= 15 is 0 Å². The van der Waals surface area contributed by atoms with Gasteiger partial charge in [0.25, 0.3) is 0 Å². The van der Waals surface area contributed by atoms with Crippen LogP contribution < -0.4 is 10.6 Å². The standard InChI is InChI=1S/C14H26N4OS.HI/c1-5-19-8-6-7-16-14(15-4)17-9-12-10-20-13(18-12)11(2)3;/h10-11H,5-9H2,1-4H3,(H2,15,16,17);1H. The minimum atomic E-state index is 0. The third-order valence-electron chi connectivity index (χ3n) is 2.69. The Balaban J connectivity index is 0.00000400. The molecule has 0 radical (unpaired) electrons. The van der Waals surface area contributed by atoms with E-state index in [1.54, 1.807) is 18.4 Å². The molecular formula is C14H27IN4OS. The first-order valence-electron chi connectivity index (χ1n) is 7.14. The quantitative estimate of drug-likeness (QED) is 0.291. The SMILES string of the molecule is CCOCCCNC(=NC)NCc1csc(C(C)C)n1.I. The number of aliphatic imine (C=N–C) groups is 1. The fourth-order valence-corrected chi connectivity index (χ4v) is 2.42. The van der Waals surface area contributed by atoms with Crippen molar-refractivity contribution < 1.29 is 4.74 Å². The zero-order valence-corrected chi connectivity index (χ0v) is 16.5. The second-order valence-corrected chi connectivity index (χ2v) is 5.62. The summed E-state index contributed by atoms with van der Waals surface area (Å²) >= 11 is 1.72. The molecule has 2 N–H and O–H groups in total. The average Bonchev–Trinajstić information content (AvgIpc) is 2.91. The van der Waals surface area contributed by atoms with Crippen LogP contribution in [0, 0.1) is 0 Å². The first-order chi connectivity index (χ1) is 9.67. The van der Waals surface area contributed by atoms with Crippen LogP contribution in [0.1, 0.15) is 43.8 Å². The van der Waals surface area contributed by atoms with E-state index in [1.165, 1.54) is 5.01 Å². The molecule has 5 nitrogen and oxygen atoms in total. The number of ether oxygens (including phenoxy) is 1. The van der Waals surface area contributed by atoms with Crippen molar-refractivity contribution in [3.8, 4) is 0 Å². The summed E-state index contributed by atoms with van der Waals surface area (Å²) in [6.07, 6.45) is 0.975. The van der Waals surface area contributed by atoms with Crippen molar-refractivity contribution in [2.75, 3.05) is 26.8 Å². The van der Waals surface area contributed by atoms with E-state index in [0.29, 0.717) is 12.5 Å². The summed E-state index contributed by atoms with van der Waals surface area (Å²) in [5.74, 6) is 1.30. The molecule has 0 aliphatic rings. The summed E-state index contributed by atoms with van der Waals surface area (Å²) in [7, 11) is 1.78. The van der Waals surface area contributed by atoms with Crippen molar-refractivity contribution in [3.63, 3.8) is 0 Å². The number of hydrogen-bond acceptors (Lipinski definition) is 4. The lowest BCUT2D eigenvalue weighted by molar-refractivity contribution is 0.145. The van der Waals surface area contributed by atoms with Crippen LogP contribution >= 0.6 is 35.3 Å². The normalized spacial score (nSPS) is 11.4. The molecule has 0 saturated carbocycles. The Hall–Kier alpha value is -0.410. The van der Waals surface area contributed by atoms with Crippen molar-refractivity contribution >= 4 is 41.3 Å². The molecule has 122 valence electrons. The predicted molar refractivity (Wildman–Crippen MR) is 101 cm³/mol. The van der Waals surface area contributed by atoms with Crippen LogP contribution in [0.3, 0.4) is 0 Å². The summed E-state index contributed by atoms with van der Waals surface area (Å²) in [6, 6.07) is 0. The number of guanidine groups is 1. The maximum Gasteiger partial charge on any atom is 0.191 e. The van der Waals surface area contributed by atoms with Crippen LogP contribution in [0.15, 0.2) is 10.4 Å². The van der Waals surface area contributed by atoms with Crippen molar-refractivity contribution in [3.05, 3.63) is 16.1 Å². The molecule has 0 amide bonds. The Morgan fingerprint density at radius 2 is 2.19 bits per heavy atom. The van der Waals surface area contributed by atoms with Crippen molar-refractivity contribution in [2.45, 2.75) is 39.7 Å². The summed E-state index contributed by atoms with van der Waals surface area (Å²) < 4.78 is 5.29. The third-order valence-corrected chi connectivity index (χ3v) is 3.88. The molecule has 1 aromatic rings. The minimum absolute atomic E-state index is 0. The van der Waals surface area contributed by atoms with Gasteiger partial charge in [-0.3, -0.25) is 4.99 Å². The van der Waals surface area contributed by atoms with Crippen molar-refractivity contribution in [1.29, 1.82) is 0 Å². The van der Waals surface area contributed by atoms with Gasteiger partial charge in [0.15, 0.2) is 5.96 Å². The van der Waals surface area contributed by atoms with Crippen LogP contribution in [-0.2, 0) is 11.3 Å². The van der Waals surface area contributed by atoms with Crippen LogP contribution in [0.5, 0.6) is 0 Å². The zero-order valence-electron chi connectivity index (χ0n) is 13.3. The van der Waals surface area contributed by atoms with Gasteiger partial charge >= 0.3 is 0 Å². The number of nitrogens with one attached hydrogen (secondary N) is 2. The molecule has 0 aromatic carbocycles. The monoisotopic (exact) mass is 426 g/mol. The summed E-state index contributed by atoms with van der Waals surface area (Å²) in [5, 5.41) is 9.82. The van der Waals surface area contributed by atoms with Gasteiger partial charge in [-0.25, -0.2) is 4.98 Å². The number of aromatic nitrogens is 1. The first-order valence-corrected chi connectivity index (χ1v) is 8.01. The van der Waals surface area contributed by atoms with Gasteiger partial charge in [0.2, 0.25) is 0 Å². The van der Waals surface area contributed by atoms with Crippen LogP contribution in [0.25, 0.3) is 0 Å². The topological polar surface area (TPSA) is 58.5 Å². The highest BCUT2D eigenvalue weighted by atomic mass is 127. The molecule has 1 rings (SSSR count). The Morgan fingerprint density at radius 1 is 1.43 bits per heavy atom. The maximum atomic E-state index is 5.29. The number of halogens is 1. The second kappa shape index (κ2) is 12.2. The Labute approximate surface area is 149 Å². The minimum Gasteiger partial charge on any atom is -0.382 e. The fourth-order valence-electron chi connectivity index (χ4n) is 1.59. The lowest BCUT2D eigenvalue weighted by Crippen LogP contribution is -2.37. The molecule has 0 aliphatic carbocycles. The highest BCUT2D eigenvalue weighted by Crippen LogP contribution is 2.18. The van der Waals surface area contributed by atoms with E-state index in [0.717, 1.165) is 37.8 Å². The molecule has 21 heavy (non-hydrogen) atoms. The molecular weight excluding hydrogens is 399 g/mol. The van der Waals surface area contributed by atoms with Gasteiger partial charge in [-0.1, -0.05) is 13.8 Å². The van der Waals surface area contributed by atoms with E-state index in [-0.39, 0.29) is 24.0 Å². The Kier molecular flexibility index (Phi) is 11.9. The lowest BCUT2D eigenvalue weighted by Gasteiger charge is -2.10. The van der Waals surface area contributed by atoms with Crippen molar-refractivity contribution in [1.82, 2.24) is 15.6 Å². The molecule has 1 aromatic heterocycles. The first kappa shape index (κ1) is 20.6. The Morgan fingerprint density at radius 3 is 2.76 bits per heavy atom. The fraction of sp³-hybridized carbons (Fsp3) is 0.714. The van der Waals surface area contributed by atoms with Crippen LogP contribution in [0.2, 0.25) is 0 Å². The number of nitrogens with zero attached hydrogens (tertiary/aromatic N) is 2. The molecule has 0 saturated heterocycles. The molecule has 7 heteroatoms. The van der Waals surface area contributed by atoms with Gasteiger partial charge in [-0.05, 0) is 13.3 Å². The Bertz CT molecular complexity index is 409. The summed E-state index contributed by atoms with van der Waals surface area (Å²) in [6.45, 7) is 9.44. The smallest absolute Gasteiger partial charge is 0.191 e. The van der Waals surface area contributed by atoms with Crippen LogP contribution in [-0.4, -0.2) is 37.7 Å². The maximum absolute atomic E-state index is 5.29. The van der Waals surface area contributed by atoms with E-state index in [9.17, 15) is 0 Å². The summed E-state index contributed by atoms with van der Waals surface area (Å²) in [4.78, 5) is 8.78. The van der Waals surface area contributed by atoms with E-state index in [1.807, 2.05) is 6.92 Å². The van der Waals surface area contributed by atoms with Crippen LogP contribution in [0.4, 0.5) is 0 Å². The zero-order chi connectivity index (χ0) is 14.8. The van der Waals surface area contributed by atoms with Gasteiger partial charge in [0.05, 0.1) is 17.2 Å². The molecule has 0 spiro atoms. The molecule has 0 unspecified atom stereocenters. The average molecular weight is 426 g/mol. The highest BCUT2D eigenvalue weighted by Gasteiger charge is 2.06. The molecule has 0 atom stereocenters. The van der Waals surface area contributed by atoms with E-state index in [2.05, 4.69) is 39.8 Å². The van der Waals surface area contributed by atoms with Gasteiger partial charge in [0, 0.05) is 38.1 Å². The van der Waals surface area contributed by atoms with E-state index in [4.69, 9.17) is 4.74 Å². The van der Waals surface area contributed by atoms with Gasteiger partial charge < -0.3 is 15.4 Å².